The van der Waals surface area contributed by atoms with E-state index in [1.807, 2.05) is 13.5 Å². The minimum absolute atomic E-state index is 0.882. The molecule has 0 spiro atoms. The monoisotopic (exact) mass is 182 g/mol. The molecule has 54 valence electrons. The zero-order valence-electron chi connectivity index (χ0n) is 6.04. The number of halogens is 2. The molecule has 0 aromatic heterocycles. The second-order valence-electron chi connectivity index (χ2n) is 2.38. The van der Waals surface area contributed by atoms with Crippen LogP contribution in [0.15, 0.2) is 11.6 Å². The number of hydrogen-bond donors (Lipinski definition) is 0. The first-order chi connectivity index (χ1) is 3.95. The molecule has 0 fully saturated rings. The maximum atomic E-state index is 5.87. The highest BCUT2D eigenvalue weighted by atomic mass is 35.7. The smallest absolute Gasteiger partial charge is 0.146 e. The number of allylic oxidation sites excluding steroid dienone is 2. The second-order valence-corrected chi connectivity index (χ2v) is 10.5. The van der Waals surface area contributed by atoms with Gasteiger partial charge in [-0.2, -0.15) is 0 Å². The van der Waals surface area contributed by atoms with Crippen LogP contribution in [0.4, 0.5) is 0 Å². The van der Waals surface area contributed by atoms with Gasteiger partial charge in [-0.15, -0.1) is 22.2 Å². The number of hydrogen-bond acceptors (Lipinski definition) is 0. The van der Waals surface area contributed by atoms with E-state index in [9.17, 15) is 0 Å². The standard InChI is InChI=1S/C6H12Cl2Si/c1-4-6(2)5-9(3,7)8/h4H,5H2,1-3H3/b6-4-. The Kier molecular flexibility index (Phi) is 3.86. The average Bonchev–Trinajstić information content (AvgIpc) is 1.62. The van der Waals surface area contributed by atoms with E-state index in [1.165, 1.54) is 5.57 Å². The van der Waals surface area contributed by atoms with Crippen molar-refractivity contribution in [3.63, 3.8) is 0 Å². The van der Waals surface area contributed by atoms with Crippen LogP contribution in [0, 0.1) is 0 Å². The van der Waals surface area contributed by atoms with Gasteiger partial charge in [0, 0.05) is 0 Å². The normalized spacial score (nSPS) is 14.1. The SMILES string of the molecule is C/C=C(/C)C[Si](C)(Cl)Cl. The Labute approximate surface area is 67.3 Å². The van der Waals surface area contributed by atoms with Crippen LogP contribution in [0.1, 0.15) is 13.8 Å². The fourth-order valence-corrected chi connectivity index (χ4v) is 3.04. The van der Waals surface area contributed by atoms with Crippen molar-refractivity contribution < 1.29 is 0 Å². The van der Waals surface area contributed by atoms with Gasteiger partial charge in [0.05, 0.1) is 0 Å². The lowest BCUT2D eigenvalue weighted by Crippen LogP contribution is -2.11. The van der Waals surface area contributed by atoms with E-state index < -0.39 is 6.69 Å². The summed E-state index contributed by atoms with van der Waals surface area (Å²) in [7, 11) is 0. The number of rotatable bonds is 2. The van der Waals surface area contributed by atoms with E-state index in [4.69, 9.17) is 22.2 Å². The fourth-order valence-electron chi connectivity index (χ4n) is 0.592. The van der Waals surface area contributed by atoms with Gasteiger partial charge in [0.15, 0.2) is 0 Å². The molecule has 0 saturated carbocycles. The zero-order valence-corrected chi connectivity index (χ0v) is 8.55. The third-order valence-electron chi connectivity index (χ3n) is 1.08. The molecule has 0 N–H and O–H groups in total. The van der Waals surface area contributed by atoms with Crippen molar-refractivity contribution in [3.05, 3.63) is 11.6 Å². The first-order valence-corrected chi connectivity index (χ1v) is 7.68. The molecule has 0 saturated heterocycles. The van der Waals surface area contributed by atoms with E-state index in [-0.39, 0.29) is 0 Å². The first kappa shape index (κ1) is 9.54. The summed E-state index contributed by atoms with van der Waals surface area (Å²) in [6.45, 7) is 4.12. The molecule has 0 aliphatic rings. The lowest BCUT2D eigenvalue weighted by molar-refractivity contribution is 1.33. The molecule has 0 aliphatic carbocycles. The summed E-state index contributed by atoms with van der Waals surface area (Å²) in [5, 5.41) is 0. The Morgan fingerprint density at radius 1 is 1.56 bits per heavy atom. The molecular weight excluding hydrogens is 171 g/mol. The van der Waals surface area contributed by atoms with E-state index in [0.717, 1.165) is 6.04 Å². The molecule has 9 heavy (non-hydrogen) atoms. The van der Waals surface area contributed by atoms with E-state index in [1.54, 1.807) is 0 Å². The Hall–Kier alpha value is 0.537. The van der Waals surface area contributed by atoms with Gasteiger partial charge in [-0.1, -0.05) is 11.6 Å². The summed E-state index contributed by atoms with van der Waals surface area (Å²) < 4.78 is 0. The van der Waals surface area contributed by atoms with Crippen LogP contribution in [0.3, 0.4) is 0 Å². The van der Waals surface area contributed by atoms with Gasteiger partial charge < -0.3 is 0 Å². The van der Waals surface area contributed by atoms with Crippen LogP contribution in [0.5, 0.6) is 0 Å². The van der Waals surface area contributed by atoms with E-state index in [0.29, 0.717) is 0 Å². The quantitative estimate of drug-likeness (QED) is 0.349. The summed E-state index contributed by atoms with van der Waals surface area (Å²) in [4.78, 5) is 0. The Morgan fingerprint density at radius 2 is 2.00 bits per heavy atom. The van der Waals surface area contributed by atoms with Crippen LogP contribution >= 0.6 is 22.2 Å². The molecule has 0 amide bonds. The minimum atomic E-state index is -1.87. The van der Waals surface area contributed by atoms with Crippen LogP contribution in [-0.4, -0.2) is 6.69 Å². The van der Waals surface area contributed by atoms with Gasteiger partial charge >= 0.3 is 0 Å². The molecule has 0 unspecified atom stereocenters. The molecule has 3 heteroatoms. The van der Waals surface area contributed by atoms with Crippen molar-refractivity contribution in [3.8, 4) is 0 Å². The molecule has 0 aromatic carbocycles. The lowest BCUT2D eigenvalue weighted by atomic mass is 10.3. The highest BCUT2D eigenvalue weighted by Gasteiger charge is 2.20. The van der Waals surface area contributed by atoms with Gasteiger partial charge in [0.2, 0.25) is 0 Å². The molecule has 0 bridgehead atoms. The molecule has 0 radical (unpaired) electrons. The molecule has 0 rings (SSSR count). The van der Waals surface area contributed by atoms with E-state index in [2.05, 4.69) is 13.0 Å². The minimum Gasteiger partial charge on any atom is -0.146 e. The van der Waals surface area contributed by atoms with Crippen molar-refractivity contribution in [2.45, 2.75) is 26.4 Å². The highest BCUT2D eigenvalue weighted by Crippen LogP contribution is 2.23. The molecule has 0 aromatic rings. The summed E-state index contributed by atoms with van der Waals surface area (Å²) in [5.74, 6) is 0. The predicted octanol–water partition coefficient (Wildman–Crippen LogP) is 3.50. The zero-order chi connectivity index (χ0) is 7.49. The van der Waals surface area contributed by atoms with Crippen LogP contribution in [0.25, 0.3) is 0 Å². The average molecular weight is 183 g/mol. The second kappa shape index (κ2) is 3.64. The van der Waals surface area contributed by atoms with Gasteiger partial charge in [-0.25, -0.2) is 0 Å². The van der Waals surface area contributed by atoms with Crippen LogP contribution < -0.4 is 0 Å². The van der Waals surface area contributed by atoms with Crippen molar-refractivity contribution >= 4 is 28.9 Å². The van der Waals surface area contributed by atoms with Crippen molar-refractivity contribution in [1.29, 1.82) is 0 Å². The maximum Gasteiger partial charge on any atom is 0.252 e. The third kappa shape index (κ3) is 6.42. The molecule has 0 aliphatic heterocycles. The summed E-state index contributed by atoms with van der Waals surface area (Å²) in [6, 6.07) is 0.882. The highest BCUT2D eigenvalue weighted by molar-refractivity contribution is 7.45. The van der Waals surface area contributed by atoms with Crippen molar-refractivity contribution in [1.82, 2.24) is 0 Å². The predicted molar refractivity (Wildman–Crippen MR) is 47.6 cm³/mol. The summed E-state index contributed by atoms with van der Waals surface area (Å²) in [6.07, 6.45) is 2.05. The molecule has 0 atom stereocenters. The van der Waals surface area contributed by atoms with Gasteiger partial charge in [-0.3, -0.25) is 0 Å². The van der Waals surface area contributed by atoms with Gasteiger partial charge in [0.25, 0.3) is 6.69 Å². The van der Waals surface area contributed by atoms with E-state index >= 15 is 0 Å². The van der Waals surface area contributed by atoms with Crippen LogP contribution in [-0.2, 0) is 0 Å². The lowest BCUT2D eigenvalue weighted by Gasteiger charge is -2.08. The topological polar surface area (TPSA) is 0 Å². The summed E-state index contributed by atoms with van der Waals surface area (Å²) in [5.41, 5.74) is 1.29. The Morgan fingerprint density at radius 3 is 2.11 bits per heavy atom. The van der Waals surface area contributed by atoms with Crippen molar-refractivity contribution in [2.24, 2.45) is 0 Å². The Bertz CT molecular complexity index is 113. The van der Waals surface area contributed by atoms with Gasteiger partial charge in [0.1, 0.15) is 0 Å². The molecule has 0 heterocycles. The van der Waals surface area contributed by atoms with Gasteiger partial charge in [-0.05, 0) is 26.4 Å². The maximum absolute atomic E-state index is 5.87. The fraction of sp³-hybridized carbons (Fsp3) is 0.667. The summed E-state index contributed by atoms with van der Waals surface area (Å²) >= 11 is 11.7. The molecule has 0 nitrogen and oxygen atoms in total. The molecular formula is C6H12Cl2Si. The largest absolute Gasteiger partial charge is 0.252 e. The van der Waals surface area contributed by atoms with Crippen molar-refractivity contribution in [2.75, 3.05) is 0 Å². The first-order valence-electron chi connectivity index (χ1n) is 2.95. The Balaban J connectivity index is 3.75. The van der Waals surface area contributed by atoms with Crippen LogP contribution in [0.2, 0.25) is 12.6 Å². The third-order valence-corrected chi connectivity index (χ3v) is 3.06.